The summed E-state index contributed by atoms with van der Waals surface area (Å²) in [5.41, 5.74) is 2.33. The highest BCUT2D eigenvalue weighted by Crippen LogP contribution is 2.40. The molecule has 3 nitrogen and oxygen atoms in total. The molecule has 2 N–H and O–H groups in total. The average molecular weight is 269 g/mol. The van der Waals surface area contributed by atoms with E-state index >= 15 is 0 Å². The molecule has 0 amide bonds. The molecule has 0 fully saturated rings. The molecule has 0 unspecified atom stereocenters. The highest BCUT2D eigenvalue weighted by molar-refractivity contribution is 5.99. The van der Waals surface area contributed by atoms with Crippen molar-refractivity contribution in [1.82, 2.24) is 0 Å². The predicted molar refractivity (Wildman–Crippen MR) is 52.5 cm³/mol. The molecule has 100 valence electrons. The SMILES string of the molecule is CC(=O)c1ccc(C(F)(F)F)c(N)c1OC(F)F. The Bertz CT molecular complexity index is 470. The predicted octanol–water partition coefficient (Wildman–Crippen LogP) is 3.09. The second-order valence-electron chi connectivity index (χ2n) is 3.34. The van der Waals surface area contributed by atoms with E-state index < -0.39 is 41.1 Å². The maximum absolute atomic E-state index is 12.5. The van der Waals surface area contributed by atoms with Gasteiger partial charge in [0.15, 0.2) is 11.5 Å². The maximum Gasteiger partial charge on any atom is 0.418 e. The maximum atomic E-state index is 12.5. The lowest BCUT2D eigenvalue weighted by molar-refractivity contribution is -0.137. The molecule has 0 bridgehead atoms. The summed E-state index contributed by atoms with van der Waals surface area (Å²) in [4.78, 5) is 11.1. The first-order valence-corrected chi connectivity index (χ1v) is 4.60. The third-order valence-corrected chi connectivity index (χ3v) is 2.09. The minimum absolute atomic E-state index is 0.430. The fourth-order valence-electron chi connectivity index (χ4n) is 1.34. The minimum atomic E-state index is -4.82. The highest BCUT2D eigenvalue weighted by atomic mass is 19.4. The first kappa shape index (κ1) is 14.2. The number of hydrogen-bond donors (Lipinski definition) is 1. The summed E-state index contributed by atoms with van der Waals surface area (Å²) in [5, 5.41) is 0. The van der Waals surface area contributed by atoms with Crippen LogP contribution < -0.4 is 10.5 Å². The molecule has 0 aliphatic carbocycles. The smallest absolute Gasteiger partial charge is 0.418 e. The van der Waals surface area contributed by atoms with Crippen LogP contribution >= 0.6 is 0 Å². The number of anilines is 1. The molecular weight excluding hydrogens is 261 g/mol. The largest absolute Gasteiger partial charge is 0.432 e. The van der Waals surface area contributed by atoms with E-state index in [-0.39, 0.29) is 0 Å². The van der Waals surface area contributed by atoms with E-state index in [1.54, 1.807) is 0 Å². The van der Waals surface area contributed by atoms with Gasteiger partial charge in [-0.1, -0.05) is 0 Å². The van der Waals surface area contributed by atoms with Crippen LogP contribution in [-0.4, -0.2) is 12.4 Å². The number of alkyl halides is 5. The van der Waals surface area contributed by atoms with Crippen LogP contribution in [0, 0.1) is 0 Å². The summed E-state index contributed by atoms with van der Waals surface area (Å²) < 4.78 is 65.6. The van der Waals surface area contributed by atoms with Crippen LogP contribution in [0.1, 0.15) is 22.8 Å². The van der Waals surface area contributed by atoms with Gasteiger partial charge in [0.05, 0.1) is 16.8 Å². The fourth-order valence-corrected chi connectivity index (χ4v) is 1.34. The molecule has 1 aromatic rings. The van der Waals surface area contributed by atoms with E-state index in [2.05, 4.69) is 4.74 Å². The number of benzene rings is 1. The Labute approximate surface area is 98.3 Å². The van der Waals surface area contributed by atoms with Crippen molar-refractivity contribution in [3.8, 4) is 5.75 Å². The van der Waals surface area contributed by atoms with Crippen LogP contribution in [0.4, 0.5) is 27.6 Å². The molecule has 1 rings (SSSR count). The van der Waals surface area contributed by atoms with E-state index in [1.165, 1.54) is 0 Å². The van der Waals surface area contributed by atoms with E-state index in [9.17, 15) is 26.7 Å². The second kappa shape index (κ2) is 4.79. The summed E-state index contributed by atoms with van der Waals surface area (Å²) in [6.07, 6.45) is -4.82. The van der Waals surface area contributed by atoms with Gasteiger partial charge in [0.2, 0.25) is 0 Å². The van der Waals surface area contributed by atoms with Crippen molar-refractivity contribution < 1.29 is 31.5 Å². The van der Waals surface area contributed by atoms with Crippen LogP contribution in [0.2, 0.25) is 0 Å². The van der Waals surface area contributed by atoms with Crippen molar-refractivity contribution in [1.29, 1.82) is 0 Å². The summed E-state index contributed by atoms with van der Waals surface area (Å²) >= 11 is 0. The van der Waals surface area contributed by atoms with Crippen molar-refractivity contribution >= 4 is 11.5 Å². The molecule has 0 spiro atoms. The monoisotopic (exact) mass is 269 g/mol. The fraction of sp³-hybridized carbons (Fsp3) is 0.300. The molecule has 18 heavy (non-hydrogen) atoms. The third-order valence-electron chi connectivity index (χ3n) is 2.09. The highest BCUT2D eigenvalue weighted by Gasteiger charge is 2.35. The Morgan fingerprint density at radius 3 is 2.28 bits per heavy atom. The van der Waals surface area contributed by atoms with Gasteiger partial charge in [-0.15, -0.1) is 0 Å². The Hall–Kier alpha value is -1.86. The molecule has 0 atom stereocenters. The molecule has 8 heteroatoms. The van der Waals surface area contributed by atoms with Crippen LogP contribution in [-0.2, 0) is 6.18 Å². The lowest BCUT2D eigenvalue weighted by atomic mass is 10.0. The number of halogens is 5. The Morgan fingerprint density at radius 1 is 1.33 bits per heavy atom. The van der Waals surface area contributed by atoms with Gasteiger partial charge in [0.1, 0.15) is 0 Å². The number of rotatable bonds is 3. The van der Waals surface area contributed by atoms with E-state index in [0.717, 1.165) is 13.0 Å². The molecular formula is C10H8F5NO2. The van der Waals surface area contributed by atoms with Crippen molar-refractivity contribution in [3.63, 3.8) is 0 Å². The Morgan fingerprint density at radius 2 is 1.89 bits per heavy atom. The standard InChI is InChI=1S/C10H8F5NO2/c1-4(17)5-2-3-6(10(13,14)15)7(16)8(5)18-9(11)12/h2-3,9H,16H2,1H3. The molecule has 1 aromatic carbocycles. The summed E-state index contributed by atoms with van der Waals surface area (Å²) in [5.74, 6) is -1.68. The van der Waals surface area contributed by atoms with Crippen LogP contribution in [0.15, 0.2) is 12.1 Å². The number of nitrogen functional groups attached to an aromatic ring is 1. The van der Waals surface area contributed by atoms with Gasteiger partial charge in [-0.2, -0.15) is 22.0 Å². The van der Waals surface area contributed by atoms with Crippen molar-refractivity contribution in [3.05, 3.63) is 23.3 Å². The second-order valence-corrected chi connectivity index (χ2v) is 3.34. The zero-order valence-electron chi connectivity index (χ0n) is 9.02. The number of carbonyl (C=O) groups is 1. The summed E-state index contributed by atoms with van der Waals surface area (Å²) in [7, 11) is 0. The number of Topliss-reactive ketones (excluding diaryl/α,β-unsaturated/α-hetero) is 1. The number of ether oxygens (including phenoxy) is 1. The number of carbonyl (C=O) groups excluding carboxylic acids is 1. The first-order chi connectivity index (χ1) is 8.14. The van der Waals surface area contributed by atoms with Crippen molar-refractivity contribution in [2.75, 3.05) is 5.73 Å². The Kier molecular flexibility index (Phi) is 3.78. The molecule has 0 aliphatic rings. The molecule has 0 aliphatic heterocycles. The first-order valence-electron chi connectivity index (χ1n) is 4.60. The van der Waals surface area contributed by atoms with E-state index in [0.29, 0.717) is 6.07 Å². The Balaban J connectivity index is 3.45. The normalized spacial score (nSPS) is 11.7. The minimum Gasteiger partial charge on any atom is -0.432 e. The molecule has 0 heterocycles. The molecule has 0 saturated heterocycles. The molecule has 0 aromatic heterocycles. The molecule has 0 radical (unpaired) electrons. The third kappa shape index (κ3) is 2.88. The van der Waals surface area contributed by atoms with Gasteiger partial charge >= 0.3 is 12.8 Å². The molecule has 0 saturated carbocycles. The van der Waals surface area contributed by atoms with Crippen LogP contribution in [0.3, 0.4) is 0 Å². The zero-order chi connectivity index (χ0) is 14.1. The quantitative estimate of drug-likeness (QED) is 0.521. The van der Waals surface area contributed by atoms with E-state index in [4.69, 9.17) is 5.73 Å². The van der Waals surface area contributed by atoms with Gasteiger partial charge in [-0.25, -0.2) is 0 Å². The van der Waals surface area contributed by atoms with Crippen molar-refractivity contribution in [2.24, 2.45) is 0 Å². The topological polar surface area (TPSA) is 52.3 Å². The van der Waals surface area contributed by atoms with Gasteiger partial charge < -0.3 is 10.5 Å². The van der Waals surface area contributed by atoms with Gasteiger partial charge in [0, 0.05) is 0 Å². The number of hydrogen-bond acceptors (Lipinski definition) is 3. The van der Waals surface area contributed by atoms with Crippen LogP contribution in [0.5, 0.6) is 5.75 Å². The lowest BCUT2D eigenvalue weighted by Crippen LogP contribution is -2.14. The number of nitrogens with two attached hydrogens (primary N) is 1. The zero-order valence-corrected chi connectivity index (χ0v) is 9.02. The summed E-state index contributed by atoms with van der Waals surface area (Å²) in [6.45, 7) is -2.38. The van der Waals surface area contributed by atoms with Gasteiger partial charge in [-0.3, -0.25) is 4.79 Å². The van der Waals surface area contributed by atoms with E-state index in [1.807, 2.05) is 0 Å². The average Bonchev–Trinajstić information content (AvgIpc) is 2.17. The van der Waals surface area contributed by atoms with Gasteiger partial charge in [0.25, 0.3) is 0 Å². The summed E-state index contributed by atoms with van der Waals surface area (Å²) in [6, 6.07) is 1.30. The van der Waals surface area contributed by atoms with Gasteiger partial charge in [-0.05, 0) is 19.1 Å². The number of ketones is 1. The van der Waals surface area contributed by atoms with Crippen molar-refractivity contribution in [2.45, 2.75) is 19.7 Å². The van der Waals surface area contributed by atoms with Crippen LogP contribution in [0.25, 0.3) is 0 Å². The lowest BCUT2D eigenvalue weighted by Gasteiger charge is -2.16.